The van der Waals surface area contributed by atoms with Crippen molar-refractivity contribution in [2.45, 2.75) is 13.0 Å². The Morgan fingerprint density at radius 3 is 2.60 bits per heavy atom. The van der Waals surface area contributed by atoms with Crippen LogP contribution in [-0.2, 0) is 4.74 Å². The lowest BCUT2D eigenvalue weighted by Crippen LogP contribution is -2.05. The molecule has 0 fully saturated rings. The summed E-state index contributed by atoms with van der Waals surface area (Å²) in [7, 11) is 1.66. The van der Waals surface area contributed by atoms with Gasteiger partial charge >= 0.3 is 0 Å². The Morgan fingerprint density at radius 2 is 2.20 bits per heavy atom. The molecule has 0 saturated carbocycles. The summed E-state index contributed by atoms with van der Waals surface area (Å²) in [5, 5.41) is 0. The monoisotopic (exact) mass is 138 g/mol. The van der Waals surface area contributed by atoms with E-state index in [2.05, 4.69) is 13.2 Å². The summed E-state index contributed by atoms with van der Waals surface area (Å²) in [6, 6.07) is 0. The van der Waals surface area contributed by atoms with Crippen LogP contribution < -0.4 is 0 Å². The van der Waals surface area contributed by atoms with Crippen molar-refractivity contribution < 1.29 is 4.74 Å². The molecular formula is C9H14O. The van der Waals surface area contributed by atoms with E-state index < -0.39 is 0 Å². The smallest absolute Gasteiger partial charge is 0.0787 e. The van der Waals surface area contributed by atoms with Crippen LogP contribution in [0.15, 0.2) is 37.0 Å². The van der Waals surface area contributed by atoms with Gasteiger partial charge in [-0.2, -0.15) is 0 Å². The molecule has 1 unspecified atom stereocenters. The van der Waals surface area contributed by atoms with E-state index in [9.17, 15) is 0 Å². The molecule has 0 heterocycles. The molecule has 56 valence electrons. The summed E-state index contributed by atoms with van der Waals surface area (Å²) in [5.74, 6) is 0. The van der Waals surface area contributed by atoms with Gasteiger partial charge in [0, 0.05) is 7.11 Å². The van der Waals surface area contributed by atoms with Crippen molar-refractivity contribution in [2.75, 3.05) is 7.11 Å². The summed E-state index contributed by atoms with van der Waals surface area (Å²) in [6.45, 7) is 9.31. The molecule has 0 aromatic rings. The standard InChI is InChI=1S/C9H14O/c1-5-6-7-8(2)9(3)10-4/h5-7,9H,1-2H2,3-4H3. The van der Waals surface area contributed by atoms with E-state index in [0.29, 0.717) is 0 Å². The van der Waals surface area contributed by atoms with Crippen molar-refractivity contribution in [1.29, 1.82) is 0 Å². The highest BCUT2D eigenvalue weighted by molar-refractivity contribution is 5.21. The molecule has 0 radical (unpaired) electrons. The number of allylic oxidation sites excluding steroid dienone is 2. The minimum absolute atomic E-state index is 0.0937. The second-order valence-electron chi connectivity index (χ2n) is 2.05. The summed E-state index contributed by atoms with van der Waals surface area (Å²) in [6.07, 6.45) is 5.54. The van der Waals surface area contributed by atoms with E-state index >= 15 is 0 Å². The van der Waals surface area contributed by atoms with Crippen LogP contribution in [-0.4, -0.2) is 13.2 Å². The maximum absolute atomic E-state index is 5.02. The largest absolute Gasteiger partial charge is 0.377 e. The number of methoxy groups -OCH3 is 1. The number of ether oxygens (including phenoxy) is 1. The fraction of sp³-hybridized carbons (Fsp3) is 0.333. The molecule has 1 heteroatoms. The zero-order valence-electron chi connectivity index (χ0n) is 6.63. The van der Waals surface area contributed by atoms with E-state index in [1.54, 1.807) is 13.2 Å². The van der Waals surface area contributed by atoms with Gasteiger partial charge in [-0.05, 0) is 12.5 Å². The summed E-state index contributed by atoms with van der Waals surface area (Å²) in [5.41, 5.74) is 0.961. The van der Waals surface area contributed by atoms with Crippen LogP contribution in [0.5, 0.6) is 0 Å². The van der Waals surface area contributed by atoms with Gasteiger partial charge in [0.25, 0.3) is 0 Å². The Balaban J connectivity index is 3.83. The molecule has 0 N–H and O–H groups in total. The molecule has 0 bridgehead atoms. The average Bonchev–Trinajstić information content (AvgIpc) is 1.98. The quantitative estimate of drug-likeness (QED) is 0.542. The zero-order valence-corrected chi connectivity index (χ0v) is 6.63. The lowest BCUT2D eigenvalue weighted by atomic mass is 10.2. The first kappa shape index (κ1) is 9.18. The third-order valence-corrected chi connectivity index (χ3v) is 1.32. The average molecular weight is 138 g/mol. The van der Waals surface area contributed by atoms with Crippen molar-refractivity contribution >= 4 is 0 Å². The van der Waals surface area contributed by atoms with E-state index in [1.807, 2.05) is 19.1 Å². The van der Waals surface area contributed by atoms with Gasteiger partial charge in [-0.3, -0.25) is 0 Å². The Morgan fingerprint density at radius 1 is 1.60 bits per heavy atom. The van der Waals surface area contributed by atoms with Gasteiger partial charge in [0.05, 0.1) is 6.10 Å². The van der Waals surface area contributed by atoms with Gasteiger partial charge in [0.15, 0.2) is 0 Å². The van der Waals surface area contributed by atoms with Crippen LogP contribution in [0.25, 0.3) is 0 Å². The van der Waals surface area contributed by atoms with Gasteiger partial charge in [0.2, 0.25) is 0 Å². The van der Waals surface area contributed by atoms with Crippen molar-refractivity contribution in [3.63, 3.8) is 0 Å². The highest BCUT2D eigenvalue weighted by Gasteiger charge is 1.98. The molecule has 0 rings (SSSR count). The number of hydrogen-bond acceptors (Lipinski definition) is 1. The predicted octanol–water partition coefficient (Wildman–Crippen LogP) is 2.32. The van der Waals surface area contributed by atoms with Crippen LogP contribution in [0.4, 0.5) is 0 Å². The van der Waals surface area contributed by atoms with E-state index in [4.69, 9.17) is 4.74 Å². The lowest BCUT2D eigenvalue weighted by Gasteiger charge is -2.07. The number of hydrogen-bond donors (Lipinski definition) is 0. The minimum atomic E-state index is 0.0937. The second-order valence-corrected chi connectivity index (χ2v) is 2.05. The summed E-state index contributed by atoms with van der Waals surface area (Å²) < 4.78 is 5.02. The second kappa shape index (κ2) is 5.00. The van der Waals surface area contributed by atoms with E-state index in [-0.39, 0.29) is 6.10 Å². The highest BCUT2D eigenvalue weighted by atomic mass is 16.5. The fourth-order valence-electron chi connectivity index (χ4n) is 0.479. The van der Waals surface area contributed by atoms with Crippen molar-refractivity contribution in [1.82, 2.24) is 0 Å². The highest BCUT2D eigenvalue weighted by Crippen LogP contribution is 2.03. The maximum Gasteiger partial charge on any atom is 0.0787 e. The van der Waals surface area contributed by atoms with Crippen molar-refractivity contribution in [3.05, 3.63) is 37.0 Å². The summed E-state index contributed by atoms with van der Waals surface area (Å²) >= 11 is 0. The molecule has 0 saturated heterocycles. The van der Waals surface area contributed by atoms with Gasteiger partial charge in [-0.1, -0.05) is 31.4 Å². The van der Waals surface area contributed by atoms with Crippen molar-refractivity contribution in [3.8, 4) is 0 Å². The molecule has 0 aromatic carbocycles. The zero-order chi connectivity index (χ0) is 7.98. The first-order valence-electron chi connectivity index (χ1n) is 3.23. The van der Waals surface area contributed by atoms with Gasteiger partial charge in [0.1, 0.15) is 0 Å². The first-order valence-corrected chi connectivity index (χ1v) is 3.23. The molecule has 0 aliphatic rings. The normalized spacial score (nSPS) is 13.4. The maximum atomic E-state index is 5.02. The molecule has 10 heavy (non-hydrogen) atoms. The van der Waals surface area contributed by atoms with Crippen LogP contribution in [0.1, 0.15) is 6.92 Å². The molecule has 1 atom stereocenters. The third-order valence-electron chi connectivity index (χ3n) is 1.32. The topological polar surface area (TPSA) is 9.23 Å². The SMILES string of the molecule is C=CC=CC(=C)C(C)OC. The Hall–Kier alpha value is -0.820. The number of rotatable bonds is 4. The lowest BCUT2D eigenvalue weighted by molar-refractivity contribution is 0.150. The fourth-order valence-corrected chi connectivity index (χ4v) is 0.479. The molecule has 0 spiro atoms. The molecular weight excluding hydrogens is 124 g/mol. The van der Waals surface area contributed by atoms with E-state index in [1.165, 1.54) is 0 Å². The Bertz CT molecular complexity index is 145. The Kier molecular flexibility index (Phi) is 4.59. The van der Waals surface area contributed by atoms with Crippen LogP contribution in [0.3, 0.4) is 0 Å². The van der Waals surface area contributed by atoms with E-state index in [0.717, 1.165) is 5.57 Å². The first-order chi connectivity index (χ1) is 4.72. The van der Waals surface area contributed by atoms with Crippen LogP contribution in [0.2, 0.25) is 0 Å². The van der Waals surface area contributed by atoms with Crippen LogP contribution in [0, 0.1) is 0 Å². The molecule has 0 amide bonds. The van der Waals surface area contributed by atoms with Gasteiger partial charge < -0.3 is 4.74 Å². The molecule has 1 nitrogen and oxygen atoms in total. The molecule has 0 aliphatic heterocycles. The van der Waals surface area contributed by atoms with Crippen molar-refractivity contribution in [2.24, 2.45) is 0 Å². The molecule has 0 aromatic heterocycles. The summed E-state index contributed by atoms with van der Waals surface area (Å²) in [4.78, 5) is 0. The molecule has 0 aliphatic carbocycles. The third kappa shape index (κ3) is 3.25. The Labute approximate surface area is 62.7 Å². The predicted molar refractivity (Wildman–Crippen MR) is 44.9 cm³/mol. The minimum Gasteiger partial charge on any atom is -0.377 e. The van der Waals surface area contributed by atoms with Gasteiger partial charge in [-0.15, -0.1) is 0 Å². The van der Waals surface area contributed by atoms with Gasteiger partial charge in [-0.25, -0.2) is 0 Å². The van der Waals surface area contributed by atoms with Crippen LogP contribution >= 0.6 is 0 Å².